The van der Waals surface area contributed by atoms with Crippen LogP contribution in [0.15, 0.2) is 18.2 Å². The lowest BCUT2D eigenvalue weighted by atomic mass is 9.90. The summed E-state index contributed by atoms with van der Waals surface area (Å²) in [6.07, 6.45) is -3.33. The number of alkyl halides is 3. The number of nitrogen functional groups attached to an aromatic ring is 1. The van der Waals surface area contributed by atoms with Gasteiger partial charge >= 0.3 is 6.36 Å². The number of hydrogen-bond acceptors (Lipinski definition) is 3. The number of rotatable bonds is 2. The Morgan fingerprint density at radius 1 is 1.22 bits per heavy atom. The monoisotopic (exact) mass is 261 g/mol. The van der Waals surface area contributed by atoms with Crippen molar-refractivity contribution >= 4 is 5.69 Å². The third kappa shape index (κ3) is 3.29. The first-order valence-corrected chi connectivity index (χ1v) is 5.68. The standard InChI is InChI=1S/C12H14F3NO2/c13-12(14,15)18-11-2-1-9(16)7-10(11)8-3-5-17-6-4-8/h1-2,7-8H,3-6,16H2. The summed E-state index contributed by atoms with van der Waals surface area (Å²) in [5, 5.41) is 0. The molecule has 1 aliphatic heterocycles. The predicted molar refractivity (Wildman–Crippen MR) is 60.3 cm³/mol. The van der Waals surface area contributed by atoms with Crippen LogP contribution in [0.25, 0.3) is 0 Å². The molecule has 18 heavy (non-hydrogen) atoms. The van der Waals surface area contributed by atoms with Gasteiger partial charge in [0.1, 0.15) is 5.75 Å². The van der Waals surface area contributed by atoms with Crippen molar-refractivity contribution in [1.82, 2.24) is 0 Å². The van der Waals surface area contributed by atoms with E-state index in [1.807, 2.05) is 0 Å². The molecule has 3 nitrogen and oxygen atoms in total. The zero-order valence-corrected chi connectivity index (χ0v) is 9.67. The van der Waals surface area contributed by atoms with Crippen LogP contribution in [0.4, 0.5) is 18.9 Å². The van der Waals surface area contributed by atoms with Crippen molar-refractivity contribution in [3.63, 3.8) is 0 Å². The second kappa shape index (κ2) is 5.06. The van der Waals surface area contributed by atoms with Gasteiger partial charge in [-0.15, -0.1) is 13.2 Å². The molecule has 0 atom stereocenters. The molecule has 1 fully saturated rings. The first kappa shape index (κ1) is 13.0. The smallest absolute Gasteiger partial charge is 0.405 e. The quantitative estimate of drug-likeness (QED) is 0.832. The van der Waals surface area contributed by atoms with E-state index in [4.69, 9.17) is 10.5 Å². The molecule has 6 heteroatoms. The third-order valence-corrected chi connectivity index (χ3v) is 2.92. The molecule has 2 N–H and O–H groups in total. The van der Waals surface area contributed by atoms with E-state index in [1.54, 1.807) is 6.07 Å². The highest BCUT2D eigenvalue weighted by atomic mass is 19.4. The molecule has 0 amide bonds. The zero-order chi connectivity index (χ0) is 13.2. The van der Waals surface area contributed by atoms with Gasteiger partial charge < -0.3 is 15.2 Å². The second-order valence-electron chi connectivity index (χ2n) is 4.23. The SMILES string of the molecule is Nc1ccc(OC(F)(F)F)c(C2CCOCC2)c1. The minimum Gasteiger partial charge on any atom is -0.405 e. The van der Waals surface area contributed by atoms with Gasteiger partial charge in [-0.05, 0) is 42.5 Å². The fourth-order valence-electron chi connectivity index (χ4n) is 2.11. The maximum Gasteiger partial charge on any atom is 0.573 e. The molecule has 0 spiro atoms. The number of anilines is 1. The summed E-state index contributed by atoms with van der Waals surface area (Å²) in [5.74, 6) is -0.164. The van der Waals surface area contributed by atoms with Crippen molar-refractivity contribution in [3.8, 4) is 5.75 Å². The Labute approximate surface area is 103 Å². The van der Waals surface area contributed by atoms with Crippen LogP contribution >= 0.6 is 0 Å². The van der Waals surface area contributed by atoms with E-state index in [-0.39, 0.29) is 11.7 Å². The summed E-state index contributed by atoms with van der Waals surface area (Å²) >= 11 is 0. The van der Waals surface area contributed by atoms with E-state index in [0.29, 0.717) is 37.3 Å². The van der Waals surface area contributed by atoms with E-state index in [1.165, 1.54) is 12.1 Å². The van der Waals surface area contributed by atoms with Crippen molar-refractivity contribution in [2.75, 3.05) is 18.9 Å². The molecule has 1 aliphatic rings. The number of hydrogen-bond donors (Lipinski definition) is 1. The lowest BCUT2D eigenvalue weighted by Gasteiger charge is -2.25. The molecule has 0 aliphatic carbocycles. The minimum absolute atomic E-state index is 0.000370. The summed E-state index contributed by atoms with van der Waals surface area (Å²) in [5.41, 5.74) is 6.58. The highest BCUT2D eigenvalue weighted by Gasteiger charge is 2.33. The summed E-state index contributed by atoms with van der Waals surface area (Å²) in [6, 6.07) is 4.23. The van der Waals surface area contributed by atoms with Crippen LogP contribution in [0.5, 0.6) is 5.75 Å². The highest BCUT2D eigenvalue weighted by Crippen LogP contribution is 2.37. The number of ether oxygens (including phenoxy) is 2. The lowest BCUT2D eigenvalue weighted by molar-refractivity contribution is -0.275. The van der Waals surface area contributed by atoms with Gasteiger partial charge in [-0.25, -0.2) is 0 Å². The maximum absolute atomic E-state index is 12.3. The maximum atomic E-state index is 12.3. The molecule has 1 saturated heterocycles. The molecular weight excluding hydrogens is 247 g/mol. The molecule has 1 aromatic carbocycles. The van der Waals surface area contributed by atoms with E-state index in [2.05, 4.69) is 4.74 Å². The van der Waals surface area contributed by atoms with Crippen LogP contribution in [0.1, 0.15) is 24.3 Å². The molecule has 1 aromatic rings. The van der Waals surface area contributed by atoms with E-state index >= 15 is 0 Å². The van der Waals surface area contributed by atoms with Crippen LogP contribution in [0.3, 0.4) is 0 Å². The highest BCUT2D eigenvalue weighted by molar-refractivity contribution is 5.49. The minimum atomic E-state index is -4.68. The van der Waals surface area contributed by atoms with Crippen molar-refractivity contribution in [1.29, 1.82) is 0 Å². The Hall–Kier alpha value is -1.43. The molecule has 0 unspecified atom stereocenters. The Morgan fingerprint density at radius 3 is 2.50 bits per heavy atom. The van der Waals surface area contributed by atoms with Crippen LogP contribution < -0.4 is 10.5 Å². The molecule has 0 radical (unpaired) electrons. The van der Waals surface area contributed by atoms with Gasteiger partial charge in [0.25, 0.3) is 0 Å². The topological polar surface area (TPSA) is 44.5 Å². The van der Waals surface area contributed by atoms with Gasteiger partial charge in [0.2, 0.25) is 0 Å². The molecule has 1 heterocycles. The Kier molecular flexibility index (Phi) is 3.65. The zero-order valence-electron chi connectivity index (χ0n) is 9.67. The van der Waals surface area contributed by atoms with Crippen molar-refractivity contribution in [3.05, 3.63) is 23.8 Å². The van der Waals surface area contributed by atoms with E-state index in [0.717, 1.165) is 0 Å². The summed E-state index contributed by atoms with van der Waals surface area (Å²) in [6.45, 7) is 1.09. The van der Waals surface area contributed by atoms with Crippen molar-refractivity contribution < 1.29 is 22.6 Å². The van der Waals surface area contributed by atoms with Gasteiger partial charge in [-0.1, -0.05) is 0 Å². The third-order valence-electron chi connectivity index (χ3n) is 2.92. The molecule has 2 rings (SSSR count). The van der Waals surface area contributed by atoms with Gasteiger partial charge in [0.05, 0.1) is 0 Å². The van der Waals surface area contributed by atoms with Crippen molar-refractivity contribution in [2.45, 2.75) is 25.1 Å². The summed E-state index contributed by atoms with van der Waals surface area (Å²) < 4.78 is 46.2. The summed E-state index contributed by atoms with van der Waals surface area (Å²) in [4.78, 5) is 0. The fourth-order valence-corrected chi connectivity index (χ4v) is 2.11. The first-order valence-electron chi connectivity index (χ1n) is 5.68. The Morgan fingerprint density at radius 2 is 1.89 bits per heavy atom. The summed E-state index contributed by atoms with van der Waals surface area (Å²) in [7, 11) is 0. The number of nitrogens with two attached hydrogens (primary N) is 1. The van der Waals surface area contributed by atoms with Crippen molar-refractivity contribution in [2.24, 2.45) is 0 Å². The van der Waals surface area contributed by atoms with Crippen LogP contribution in [0.2, 0.25) is 0 Å². The average Bonchev–Trinajstić information content (AvgIpc) is 2.31. The second-order valence-corrected chi connectivity index (χ2v) is 4.23. The Bertz CT molecular complexity index is 414. The molecule has 0 bridgehead atoms. The number of halogens is 3. The van der Waals surface area contributed by atoms with Gasteiger partial charge in [-0.2, -0.15) is 0 Å². The number of benzene rings is 1. The molecule has 0 aromatic heterocycles. The van der Waals surface area contributed by atoms with Crippen LogP contribution in [0, 0.1) is 0 Å². The Balaban J connectivity index is 2.28. The average molecular weight is 261 g/mol. The van der Waals surface area contributed by atoms with Crippen LogP contribution in [-0.4, -0.2) is 19.6 Å². The van der Waals surface area contributed by atoms with E-state index < -0.39 is 6.36 Å². The predicted octanol–water partition coefficient (Wildman–Crippen LogP) is 3.06. The van der Waals surface area contributed by atoms with Gasteiger partial charge in [0.15, 0.2) is 0 Å². The van der Waals surface area contributed by atoms with Crippen LogP contribution in [-0.2, 0) is 4.74 Å². The fraction of sp³-hybridized carbons (Fsp3) is 0.500. The molecular formula is C12H14F3NO2. The van der Waals surface area contributed by atoms with Gasteiger partial charge in [0, 0.05) is 18.9 Å². The normalized spacial score (nSPS) is 17.7. The largest absolute Gasteiger partial charge is 0.573 e. The van der Waals surface area contributed by atoms with Gasteiger partial charge in [-0.3, -0.25) is 0 Å². The first-order chi connectivity index (χ1) is 8.46. The molecule has 100 valence electrons. The lowest BCUT2D eigenvalue weighted by Crippen LogP contribution is -2.20. The molecule has 0 saturated carbocycles. The van der Waals surface area contributed by atoms with E-state index in [9.17, 15) is 13.2 Å².